The monoisotopic (exact) mass is 370 g/mol. The Balaban J connectivity index is 1.36. The molecule has 2 heteroatoms. The van der Waals surface area contributed by atoms with Gasteiger partial charge in [0.25, 0.3) is 0 Å². The van der Waals surface area contributed by atoms with Crippen molar-refractivity contribution in [1.82, 2.24) is 4.98 Å². The van der Waals surface area contributed by atoms with Crippen molar-refractivity contribution >= 4 is 16.6 Å². The molecular formula is C26H30N2. The predicted octanol–water partition coefficient (Wildman–Crippen LogP) is 7.05. The molecule has 1 aliphatic carbocycles. The molecule has 1 atom stereocenters. The first-order chi connectivity index (χ1) is 13.7. The Morgan fingerprint density at radius 1 is 1.04 bits per heavy atom. The molecule has 1 N–H and O–H groups in total. The van der Waals surface area contributed by atoms with Crippen molar-refractivity contribution in [3.8, 4) is 0 Å². The third kappa shape index (κ3) is 4.27. The number of benzene rings is 2. The molecule has 144 valence electrons. The molecular weight excluding hydrogens is 340 g/mol. The minimum absolute atomic E-state index is 0.381. The summed E-state index contributed by atoms with van der Waals surface area (Å²) in [5.41, 5.74) is 6.70. The smallest absolute Gasteiger partial charge is 0.0702 e. The van der Waals surface area contributed by atoms with Gasteiger partial charge in [-0.05, 0) is 74.3 Å². The molecule has 0 radical (unpaired) electrons. The van der Waals surface area contributed by atoms with Crippen LogP contribution < -0.4 is 5.32 Å². The van der Waals surface area contributed by atoms with Crippen molar-refractivity contribution in [2.45, 2.75) is 52.4 Å². The lowest BCUT2D eigenvalue weighted by Crippen LogP contribution is -2.30. The van der Waals surface area contributed by atoms with E-state index in [0.717, 1.165) is 11.9 Å². The van der Waals surface area contributed by atoms with Crippen LogP contribution in [0, 0.1) is 12.3 Å². The Bertz CT molecular complexity index is 971. The van der Waals surface area contributed by atoms with Crippen LogP contribution in [0.5, 0.6) is 0 Å². The van der Waals surface area contributed by atoms with Crippen LogP contribution in [0.3, 0.4) is 0 Å². The average molecular weight is 371 g/mol. The first-order valence-corrected chi connectivity index (χ1v) is 10.5. The van der Waals surface area contributed by atoms with Gasteiger partial charge in [-0.25, -0.2) is 0 Å². The lowest BCUT2D eigenvalue weighted by molar-refractivity contribution is 0.272. The number of rotatable bonds is 8. The zero-order valence-corrected chi connectivity index (χ0v) is 17.0. The molecule has 0 amide bonds. The fraction of sp³-hybridized carbons (Fsp3) is 0.346. The quantitative estimate of drug-likeness (QED) is 0.459. The SMILES string of the molecule is CCCC1(CCCc2cnc3ccccc3c2)C=C(Nc2ccc(C)cc2)C1. The molecule has 0 fully saturated rings. The van der Waals surface area contributed by atoms with Gasteiger partial charge < -0.3 is 5.32 Å². The minimum Gasteiger partial charge on any atom is -0.359 e. The third-order valence-electron chi connectivity index (χ3n) is 5.91. The molecule has 0 aliphatic heterocycles. The fourth-order valence-corrected chi connectivity index (χ4v) is 4.46. The molecule has 1 aliphatic rings. The number of hydrogen-bond acceptors (Lipinski definition) is 2. The van der Waals surface area contributed by atoms with Gasteiger partial charge in [0.1, 0.15) is 0 Å². The largest absolute Gasteiger partial charge is 0.359 e. The lowest BCUT2D eigenvalue weighted by atomic mass is 9.67. The number of para-hydroxylation sites is 1. The number of aryl methyl sites for hydroxylation is 2. The van der Waals surface area contributed by atoms with Gasteiger partial charge in [-0.3, -0.25) is 4.98 Å². The van der Waals surface area contributed by atoms with Crippen molar-refractivity contribution in [3.05, 3.63) is 83.7 Å². The summed E-state index contributed by atoms with van der Waals surface area (Å²) < 4.78 is 0. The number of aromatic nitrogens is 1. The maximum Gasteiger partial charge on any atom is 0.0702 e. The second-order valence-corrected chi connectivity index (χ2v) is 8.34. The first-order valence-electron chi connectivity index (χ1n) is 10.5. The van der Waals surface area contributed by atoms with Gasteiger partial charge >= 0.3 is 0 Å². The van der Waals surface area contributed by atoms with Gasteiger partial charge in [0, 0.05) is 23.0 Å². The summed E-state index contributed by atoms with van der Waals surface area (Å²) in [6, 6.07) is 19.3. The molecule has 1 heterocycles. The van der Waals surface area contributed by atoms with Crippen LogP contribution in [0.4, 0.5) is 5.69 Å². The highest BCUT2D eigenvalue weighted by atomic mass is 14.9. The number of hydrogen-bond donors (Lipinski definition) is 1. The summed E-state index contributed by atoms with van der Waals surface area (Å²) in [7, 11) is 0. The van der Waals surface area contributed by atoms with E-state index in [1.807, 2.05) is 0 Å². The van der Waals surface area contributed by atoms with E-state index in [4.69, 9.17) is 0 Å². The van der Waals surface area contributed by atoms with Gasteiger partial charge in [0.2, 0.25) is 0 Å². The van der Waals surface area contributed by atoms with Crippen molar-refractivity contribution in [2.75, 3.05) is 5.32 Å². The van der Waals surface area contributed by atoms with Gasteiger partial charge in [0.05, 0.1) is 5.52 Å². The Labute approximate surface area is 168 Å². The van der Waals surface area contributed by atoms with Gasteiger partial charge in [-0.1, -0.05) is 55.3 Å². The normalized spacial score (nSPS) is 18.6. The molecule has 4 rings (SSSR count). The van der Waals surface area contributed by atoms with E-state index in [0.29, 0.717) is 5.41 Å². The number of pyridine rings is 1. The number of allylic oxidation sites excluding steroid dienone is 2. The standard InChI is InChI=1S/C26H30N2/c1-3-14-26(17-24(18-26)28-23-12-10-20(2)11-13-23)15-6-7-21-16-22-8-4-5-9-25(22)27-19-21/h4-5,8-13,16-17,19,28H,3,6-7,14-15,18H2,1-2H3. The Morgan fingerprint density at radius 2 is 1.82 bits per heavy atom. The van der Waals surface area contributed by atoms with Crippen LogP contribution in [0.15, 0.2) is 72.6 Å². The lowest BCUT2D eigenvalue weighted by Gasteiger charge is -2.40. The van der Waals surface area contributed by atoms with Crippen LogP contribution in [0.1, 0.15) is 50.2 Å². The Morgan fingerprint density at radius 3 is 2.61 bits per heavy atom. The van der Waals surface area contributed by atoms with Crippen LogP contribution >= 0.6 is 0 Å². The van der Waals surface area contributed by atoms with Crippen molar-refractivity contribution in [3.63, 3.8) is 0 Å². The summed E-state index contributed by atoms with van der Waals surface area (Å²) in [5, 5.41) is 4.84. The zero-order valence-electron chi connectivity index (χ0n) is 17.0. The highest BCUT2D eigenvalue weighted by Gasteiger charge is 2.35. The molecule has 0 saturated heterocycles. The van der Waals surface area contributed by atoms with E-state index < -0.39 is 0 Å². The molecule has 0 spiro atoms. The number of anilines is 1. The zero-order chi connectivity index (χ0) is 19.4. The van der Waals surface area contributed by atoms with Crippen molar-refractivity contribution in [2.24, 2.45) is 5.41 Å². The van der Waals surface area contributed by atoms with Crippen LogP contribution in [0.25, 0.3) is 10.9 Å². The average Bonchev–Trinajstić information content (AvgIpc) is 2.68. The topological polar surface area (TPSA) is 24.9 Å². The number of nitrogens with zero attached hydrogens (tertiary/aromatic N) is 1. The second-order valence-electron chi connectivity index (χ2n) is 8.34. The van der Waals surface area contributed by atoms with Gasteiger partial charge in [-0.15, -0.1) is 0 Å². The van der Waals surface area contributed by atoms with E-state index >= 15 is 0 Å². The van der Waals surface area contributed by atoms with Crippen LogP contribution in [-0.4, -0.2) is 4.98 Å². The first kappa shape index (κ1) is 18.7. The van der Waals surface area contributed by atoms with Gasteiger partial charge in [-0.2, -0.15) is 0 Å². The molecule has 1 aromatic heterocycles. The van der Waals surface area contributed by atoms with Gasteiger partial charge in [0.15, 0.2) is 0 Å². The molecule has 3 aromatic rings. The molecule has 28 heavy (non-hydrogen) atoms. The molecule has 1 unspecified atom stereocenters. The number of nitrogens with one attached hydrogen (secondary N) is 1. The summed E-state index contributed by atoms with van der Waals surface area (Å²) >= 11 is 0. The minimum atomic E-state index is 0.381. The highest BCUT2D eigenvalue weighted by Crippen LogP contribution is 2.47. The van der Waals surface area contributed by atoms with Crippen LogP contribution in [0.2, 0.25) is 0 Å². The predicted molar refractivity (Wildman–Crippen MR) is 120 cm³/mol. The summed E-state index contributed by atoms with van der Waals surface area (Å²) in [6.07, 6.45) is 11.8. The summed E-state index contributed by atoms with van der Waals surface area (Å²) in [5.74, 6) is 0. The Hall–Kier alpha value is -2.61. The van der Waals surface area contributed by atoms with E-state index in [9.17, 15) is 0 Å². The summed E-state index contributed by atoms with van der Waals surface area (Å²) in [4.78, 5) is 4.61. The molecule has 2 aromatic carbocycles. The third-order valence-corrected chi connectivity index (χ3v) is 5.91. The summed E-state index contributed by atoms with van der Waals surface area (Å²) in [6.45, 7) is 4.43. The molecule has 0 bridgehead atoms. The van der Waals surface area contributed by atoms with Crippen LogP contribution in [-0.2, 0) is 6.42 Å². The van der Waals surface area contributed by atoms with E-state index in [1.165, 1.54) is 60.0 Å². The second kappa shape index (κ2) is 8.18. The van der Waals surface area contributed by atoms with E-state index in [2.05, 4.69) is 91.0 Å². The maximum absolute atomic E-state index is 4.61. The van der Waals surface area contributed by atoms with Crippen molar-refractivity contribution < 1.29 is 0 Å². The molecule has 0 saturated carbocycles. The number of fused-ring (bicyclic) bond motifs is 1. The molecule has 2 nitrogen and oxygen atoms in total. The van der Waals surface area contributed by atoms with E-state index in [-0.39, 0.29) is 0 Å². The van der Waals surface area contributed by atoms with E-state index in [1.54, 1.807) is 0 Å². The highest BCUT2D eigenvalue weighted by molar-refractivity contribution is 5.78. The maximum atomic E-state index is 4.61. The van der Waals surface area contributed by atoms with Crippen molar-refractivity contribution in [1.29, 1.82) is 0 Å². The fourth-order valence-electron chi connectivity index (χ4n) is 4.46. The Kier molecular flexibility index (Phi) is 5.47.